The van der Waals surface area contributed by atoms with Gasteiger partial charge in [-0.1, -0.05) is 42.0 Å². The molecule has 0 aliphatic heterocycles. The molecule has 122 valence electrons. The molecule has 0 radical (unpaired) electrons. The lowest BCUT2D eigenvalue weighted by Gasteiger charge is -2.13. The first kappa shape index (κ1) is 16.0. The van der Waals surface area contributed by atoms with Crippen molar-refractivity contribution in [1.29, 1.82) is 0 Å². The van der Waals surface area contributed by atoms with Gasteiger partial charge >= 0.3 is 0 Å². The van der Waals surface area contributed by atoms with Crippen LogP contribution in [0.1, 0.15) is 29.3 Å². The van der Waals surface area contributed by atoms with Gasteiger partial charge in [-0.2, -0.15) is 0 Å². The Kier molecular flexibility index (Phi) is 4.75. The summed E-state index contributed by atoms with van der Waals surface area (Å²) in [4.78, 5) is 12.1. The number of benzene rings is 2. The summed E-state index contributed by atoms with van der Waals surface area (Å²) in [6.07, 6.45) is 4.26. The monoisotopic (exact) mass is 319 g/mol. The van der Waals surface area contributed by atoms with Crippen molar-refractivity contribution in [3.05, 3.63) is 83.4 Å². The van der Waals surface area contributed by atoms with Crippen molar-refractivity contribution in [2.45, 2.75) is 26.3 Å². The Bertz CT molecular complexity index is 823. The summed E-state index contributed by atoms with van der Waals surface area (Å²) in [5, 5.41) is 10.3. The Morgan fingerprint density at radius 2 is 2.00 bits per heavy atom. The molecule has 0 aliphatic carbocycles. The maximum Gasteiger partial charge on any atom is 0.124 e. The van der Waals surface area contributed by atoms with E-state index in [1.165, 1.54) is 0 Å². The highest BCUT2D eigenvalue weighted by Gasteiger charge is 2.14. The molecule has 0 unspecified atom stereocenters. The molecule has 1 atom stereocenters. The zero-order valence-electron chi connectivity index (χ0n) is 13.9. The first-order chi connectivity index (χ1) is 11.6. The van der Waals surface area contributed by atoms with Crippen LogP contribution in [-0.4, -0.2) is 26.8 Å². The number of aromatic nitrogens is 2. The highest BCUT2D eigenvalue weighted by Crippen LogP contribution is 2.23. The quantitative estimate of drug-likeness (QED) is 0.701. The van der Waals surface area contributed by atoms with Crippen LogP contribution in [0.5, 0.6) is 5.75 Å². The fourth-order valence-electron chi connectivity index (χ4n) is 2.72. The van der Waals surface area contributed by atoms with E-state index in [4.69, 9.17) is 4.99 Å². The van der Waals surface area contributed by atoms with Crippen molar-refractivity contribution in [1.82, 2.24) is 9.97 Å². The summed E-state index contributed by atoms with van der Waals surface area (Å²) >= 11 is 0. The Morgan fingerprint density at radius 1 is 1.21 bits per heavy atom. The molecular formula is C20H21N3O. The molecule has 0 saturated carbocycles. The average Bonchev–Trinajstić information content (AvgIpc) is 3.09. The SMILES string of the molecule is Cc1ccc(O)c(C(=N[C@H](C)Cc2cnc[nH]2)c2ccccc2)c1. The van der Waals surface area contributed by atoms with E-state index in [0.717, 1.165) is 34.5 Å². The predicted octanol–water partition coefficient (Wildman–Crippen LogP) is 3.89. The topological polar surface area (TPSA) is 61.3 Å². The fraction of sp³-hybridized carbons (Fsp3) is 0.200. The Hall–Kier alpha value is -2.88. The second kappa shape index (κ2) is 7.13. The van der Waals surface area contributed by atoms with Gasteiger partial charge in [0.2, 0.25) is 0 Å². The molecule has 24 heavy (non-hydrogen) atoms. The van der Waals surface area contributed by atoms with Crippen LogP contribution >= 0.6 is 0 Å². The van der Waals surface area contributed by atoms with Crippen LogP contribution in [0.4, 0.5) is 0 Å². The maximum atomic E-state index is 10.3. The van der Waals surface area contributed by atoms with Crippen molar-refractivity contribution in [2.24, 2.45) is 4.99 Å². The molecular weight excluding hydrogens is 298 g/mol. The van der Waals surface area contributed by atoms with Crippen molar-refractivity contribution in [3.8, 4) is 5.75 Å². The van der Waals surface area contributed by atoms with Gasteiger partial charge in [-0.3, -0.25) is 4.99 Å². The van der Waals surface area contributed by atoms with Crippen LogP contribution in [0.3, 0.4) is 0 Å². The van der Waals surface area contributed by atoms with Crippen LogP contribution in [-0.2, 0) is 6.42 Å². The third-order valence-corrected chi connectivity index (χ3v) is 3.87. The largest absolute Gasteiger partial charge is 0.507 e. The summed E-state index contributed by atoms with van der Waals surface area (Å²) in [5.74, 6) is 0.247. The molecule has 4 heteroatoms. The maximum absolute atomic E-state index is 10.3. The van der Waals surface area contributed by atoms with Gasteiger partial charge in [0.15, 0.2) is 0 Å². The average molecular weight is 319 g/mol. The second-order valence-electron chi connectivity index (χ2n) is 5.99. The van der Waals surface area contributed by atoms with Crippen LogP contribution < -0.4 is 0 Å². The van der Waals surface area contributed by atoms with Gasteiger partial charge < -0.3 is 10.1 Å². The van der Waals surface area contributed by atoms with E-state index in [0.29, 0.717) is 0 Å². The van der Waals surface area contributed by atoms with E-state index in [-0.39, 0.29) is 11.8 Å². The summed E-state index contributed by atoms with van der Waals surface area (Å²) in [7, 11) is 0. The number of nitrogens with zero attached hydrogens (tertiary/aromatic N) is 2. The van der Waals surface area contributed by atoms with Gasteiger partial charge in [-0.15, -0.1) is 0 Å². The zero-order chi connectivity index (χ0) is 16.9. The number of phenolic OH excluding ortho intramolecular Hbond substituents is 1. The van der Waals surface area contributed by atoms with Gasteiger partial charge in [0.05, 0.1) is 18.1 Å². The molecule has 2 aromatic carbocycles. The van der Waals surface area contributed by atoms with Crippen molar-refractivity contribution in [3.63, 3.8) is 0 Å². The standard InChI is InChI=1S/C20H21N3O/c1-14-8-9-19(24)18(10-14)20(16-6-4-3-5-7-16)23-15(2)11-17-12-21-13-22-17/h3-10,12-13,15,24H,11H2,1-2H3,(H,21,22)/t15-/m1/s1. The van der Waals surface area contributed by atoms with E-state index in [9.17, 15) is 5.11 Å². The van der Waals surface area contributed by atoms with Gasteiger partial charge in [-0.25, -0.2) is 4.98 Å². The van der Waals surface area contributed by atoms with Gasteiger partial charge in [0.25, 0.3) is 0 Å². The number of aryl methyl sites for hydroxylation is 1. The molecule has 0 saturated heterocycles. The van der Waals surface area contributed by atoms with Gasteiger partial charge in [0.1, 0.15) is 5.75 Å². The molecule has 4 nitrogen and oxygen atoms in total. The summed E-state index contributed by atoms with van der Waals surface area (Å²) in [6.45, 7) is 4.08. The third kappa shape index (κ3) is 3.71. The molecule has 1 aromatic heterocycles. The number of rotatable bonds is 5. The minimum Gasteiger partial charge on any atom is -0.507 e. The lowest BCUT2D eigenvalue weighted by molar-refractivity contribution is 0.474. The first-order valence-electron chi connectivity index (χ1n) is 8.04. The number of nitrogens with one attached hydrogen (secondary N) is 1. The molecule has 1 heterocycles. The minimum absolute atomic E-state index is 0.0561. The molecule has 0 aliphatic rings. The third-order valence-electron chi connectivity index (χ3n) is 3.87. The van der Waals surface area contributed by atoms with Crippen LogP contribution in [0, 0.1) is 6.92 Å². The molecule has 0 spiro atoms. The smallest absolute Gasteiger partial charge is 0.124 e. The molecule has 0 fully saturated rings. The first-order valence-corrected chi connectivity index (χ1v) is 8.04. The summed E-state index contributed by atoms with van der Waals surface area (Å²) in [6, 6.07) is 15.6. The number of phenols is 1. The number of H-pyrrole nitrogens is 1. The highest BCUT2D eigenvalue weighted by atomic mass is 16.3. The zero-order valence-corrected chi connectivity index (χ0v) is 13.9. The number of hydrogen-bond donors (Lipinski definition) is 2. The fourth-order valence-corrected chi connectivity index (χ4v) is 2.72. The highest BCUT2D eigenvalue weighted by molar-refractivity contribution is 6.14. The predicted molar refractivity (Wildman–Crippen MR) is 96.7 cm³/mol. The normalized spacial score (nSPS) is 13.0. The van der Waals surface area contributed by atoms with Crippen molar-refractivity contribution >= 4 is 5.71 Å². The Balaban J connectivity index is 2.02. The van der Waals surface area contributed by atoms with Crippen molar-refractivity contribution < 1.29 is 5.11 Å². The number of aromatic hydroxyl groups is 1. The van der Waals surface area contributed by atoms with Crippen LogP contribution in [0.25, 0.3) is 0 Å². The molecule has 3 rings (SSSR count). The number of aromatic amines is 1. The van der Waals surface area contributed by atoms with Gasteiger partial charge in [-0.05, 0) is 26.0 Å². The van der Waals surface area contributed by atoms with E-state index >= 15 is 0 Å². The van der Waals surface area contributed by atoms with E-state index in [2.05, 4.69) is 16.9 Å². The van der Waals surface area contributed by atoms with Crippen LogP contribution in [0.15, 0.2) is 66.0 Å². The lowest BCUT2D eigenvalue weighted by atomic mass is 9.99. The summed E-state index contributed by atoms with van der Waals surface area (Å²) in [5.41, 5.74) is 4.70. The number of imidazole rings is 1. The minimum atomic E-state index is 0.0561. The van der Waals surface area contributed by atoms with Crippen molar-refractivity contribution in [2.75, 3.05) is 0 Å². The molecule has 0 amide bonds. The molecule has 2 N–H and O–H groups in total. The number of aliphatic imine (C=N–C) groups is 1. The Morgan fingerprint density at radius 3 is 2.71 bits per heavy atom. The summed E-state index contributed by atoms with van der Waals surface area (Å²) < 4.78 is 0. The lowest BCUT2D eigenvalue weighted by Crippen LogP contribution is -2.12. The molecule has 0 bridgehead atoms. The second-order valence-corrected chi connectivity index (χ2v) is 5.99. The van der Waals surface area contributed by atoms with Gasteiger partial charge in [0, 0.05) is 29.4 Å². The van der Waals surface area contributed by atoms with E-state index in [1.807, 2.05) is 55.6 Å². The molecule has 3 aromatic rings. The van der Waals surface area contributed by atoms with E-state index < -0.39 is 0 Å². The van der Waals surface area contributed by atoms with Crippen LogP contribution in [0.2, 0.25) is 0 Å². The Labute approximate surface area is 141 Å². The number of hydrogen-bond acceptors (Lipinski definition) is 3. The van der Waals surface area contributed by atoms with E-state index in [1.54, 1.807) is 12.4 Å².